The minimum absolute atomic E-state index is 0.701. The predicted octanol–water partition coefficient (Wildman–Crippen LogP) is 2.97. The average molecular weight is 155 g/mol. The summed E-state index contributed by atoms with van der Waals surface area (Å²) < 4.78 is 13.5. The molecule has 2 heteroatoms. The van der Waals surface area contributed by atoms with Crippen molar-refractivity contribution in [1.29, 1.82) is 0 Å². The van der Waals surface area contributed by atoms with Gasteiger partial charge in [-0.15, -0.1) is 0 Å². The fourth-order valence-corrected chi connectivity index (χ4v) is 1.80. The molecule has 0 heterocycles. The first-order chi connectivity index (χ1) is 5.02. The number of hydrogen-bond donors (Lipinski definition) is 0. The van der Waals surface area contributed by atoms with E-state index in [1.165, 1.54) is 13.8 Å². The largest absolute Gasteiger partial charge is 0.307 e. The first kappa shape index (κ1) is 8.52. The molecule has 62 valence electrons. The van der Waals surface area contributed by atoms with Crippen LogP contribution in [0.3, 0.4) is 0 Å². The van der Waals surface area contributed by atoms with E-state index in [1.54, 1.807) is 0 Å². The lowest BCUT2D eigenvalue weighted by atomic mass is 9.83. The second kappa shape index (κ2) is 2.48. The molecule has 0 unspecified atom stereocenters. The zero-order valence-electron chi connectivity index (χ0n) is 7.15. The second-order valence-corrected chi connectivity index (χ2v) is 3.82. The molecule has 1 aliphatic carbocycles. The third-order valence-electron chi connectivity index (χ3n) is 2.75. The maximum atomic E-state index is 13.5. The average Bonchev–Trinajstić information content (AvgIpc) is 2.33. The van der Waals surface area contributed by atoms with Gasteiger partial charge >= 0.3 is 0 Å². The first-order valence-corrected chi connectivity index (χ1v) is 4.09. The number of hydrogen-bond acceptors (Lipinski definition) is 0. The Hall–Kier alpha value is -0.580. The third-order valence-corrected chi connectivity index (χ3v) is 2.75. The molecule has 0 spiro atoms. The van der Waals surface area contributed by atoms with Crippen LogP contribution in [0.1, 0.15) is 39.5 Å². The summed E-state index contributed by atoms with van der Waals surface area (Å²) in [6.45, 7) is 10.0. The van der Waals surface area contributed by atoms with E-state index in [1.807, 2.05) is 0 Å². The summed E-state index contributed by atoms with van der Waals surface area (Å²) in [4.78, 5) is 3.47. The minimum atomic E-state index is -1.33. The van der Waals surface area contributed by atoms with Crippen molar-refractivity contribution in [3.63, 3.8) is 0 Å². The van der Waals surface area contributed by atoms with Crippen molar-refractivity contribution in [1.82, 2.24) is 0 Å². The SMILES string of the molecule is [C-]#[N+]C1(C(C)(C)F)CCCC1. The van der Waals surface area contributed by atoms with Crippen LogP contribution in [0.25, 0.3) is 4.85 Å². The van der Waals surface area contributed by atoms with E-state index < -0.39 is 11.2 Å². The van der Waals surface area contributed by atoms with E-state index in [2.05, 4.69) is 4.85 Å². The van der Waals surface area contributed by atoms with Gasteiger partial charge in [0.05, 0.1) is 0 Å². The summed E-state index contributed by atoms with van der Waals surface area (Å²) >= 11 is 0. The zero-order valence-corrected chi connectivity index (χ0v) is 7.15. The summed E-state index contributed by atoms with van der Waals surface area (Å²) in [6.07, 6.45) is 3.49. The Kier molecular flexibility index (Phi) is 1.92. The molecule has 1 saturated carbocycles. The van der Waals surface area contributed by atoms with Gasteiger partial charge in [0, 0.05) is 12.8 Å². The fourth-order valence-electron chi connectivity index (χ4n) is 1.80. The van der Waals surface area contributed by atoms with Crippen LogP contribution in [0.4, 0.5) is 4.39 Å². The van der Waals surface area contributed by atoms with Crippen LogP contribution in [0.5, 0.6) is 0 Å². The van der Waals surface area contributed by atoms with Gasteiger partial charge in [0.2, 0.25) is 0 Å². The fraction of sp³-hybridized carbons (Fsp3) is 0.889. The lowest BCUT2D eigenvalue weighted by molar-refractivity contribution is 0.124. The van der Waals surface area contributed by atoms with E-state index in [0.29, 0.717) is 0 Å². The van der Waals surface area contributed by atoms with Gasteiger partial charge < -0.3 is 4.85 Å². The van der Waals surface area contributed by atoms with Crippen molar-refractivity contribution in [2.45, 2.75) is 50.7 Å². The highest BCUT2D eigenvalue weighted by Crippen LogP contribution is 2.43. The van der Waals surface area contributed by atoms with Crippen molar-refractivity contribution in [2.75, 3.05) is 0 Å². The molecule has 0 amide bonds. The van der Waals surface area contributed by atoms with E-state index >= 15 is 0 Å². The highest BCUT2D eigenvalue weighted by atomic mass is 19.1. The maximum absolute atomic E-state index is 13.5. The molecule has 1 nitrogen and oxygen atoms in total. The normalized spacial score (nSPS) is 23.1. The van der Waals surface area contributed by atoms with Crippen molar-refractivity contribution in [2.24, 2.45) is 0 Å². The van der Waals surface area contributed by atoms with Crippen LogP contribution in [0, 0.1) is 6.57 Å². The molecule has 1 rings (SSSR count). The van der Waals surface area contributed by atoms with E-state index in [9.17, 15) is 4.39 Å². The standard InChI is InChI=1S/C9H14FN/c1-8(2,10)9(11-3)6-4-5-7-9/h4-7H2,1-2H3. The molecular formula is C9H14FN. The van der Waals surface area contributed by atoms with Crippen LogP contribution >= 0.6 is 0 Å². The predicted molar refractivity (Wildman–Crippen MR) is 43.0 cm³/mol. The Morgan fingerprint density at radius 3 is 2.00 bits per heavy atom. The quantitative estimate of drug-likeness (QED) is 0.513. The number of nitrogens with zero attached hydrogens (tertiary/aromatic N) is 1. The summed E-state index contributed by atoms with van der Waals surface area (Å²) in [6, 6.07) is 0. The molecule has 1 aliphatic rings. The first-order valence-electron chi connectivity index (χ1n) is 4.09. The maximum Gasteiger partial charge on any atom is 0.265 e. The summed E-state index contributed by atoms with van der Waals surface area (Å²) in [5, 5.41) is 0. The highest BCUT2D eigenvalue weighted by molar-refractivity contribution is 5.11. The Balaban J connectivity index is 2.86. The molecular weight excluding hydrogens is 141 g/mol. The summed E-state index contributed by atoms with van der Waals surface area (Å²) in [5.74, 6) is 0. The molecule has 0 aromatic carbocycles. The molecule has 0 atom stereocenters. The van der Waals surface area contributed by atoms with E-state index in [-0.39, 0.29) is 0 Å². The van der Waals surface area contributed by atoms with Crippen molar-refractivity contribution in [3.8, 4) is 0 Å². The Bertz CT molecular complexity index is 179. The van der Waals surface area contributed by atoms with Gasteiger partial charge in [0.25, 0.3) is 5.54 Å². The lowest BCUT2D eigenvalue weighted by Gasteiger charge is -2.26. The number of alkyl halides is 1. The Labute approximate surface area is 67.4 Å². The molecule has 0 aromatic rings. The molecule has 0 aliphatic heterocycles. The van der Waals surface area contributed by atoms with Gasteiger partial charge in [0.1, 0.15) is 0 Å². The molecule has 0 aromatic heterocycles. The third kappa shape index (κ3) is 1.24. The number of rotatable bonds is 1. The summed E-state index contributed by atoms with van der Waals surface area (Å²) in [7, 11) is 0. The van der Waals surface area contributed by atoms with Gasteiger partial charge in [-0.1, -0.05) is 0 Å². The Morgan fingerprint density at radius 1 is 1.36 bits per heavy atom. The Morgan fingerprint density at radius 2 is 1.82 bits per heavy atom. The van der Waals surface area contributed by atoms with Crippen LogP contribution in [0.15, 0.2) is 0 Å². The van der Waals surface area contributed by atoms with Crippen LogP contribution < -0.4 is 0 Å². The van der Waals surface area contributed by atoms with Gasteiger partial charge in [-0.3, -0.25) is 0 Å². The van der Waals surface area contributed by atoms with Gasteiger partial charge in [-0.2, -0.15) is 0 Å². The van der Waals surface area contributed by atoms with Crippen LogP contribution in [-0.4, -0.2) is 11.2 Å². The molecule has 0 radical (unpaired) electrons. The summed E-state index contributed by atoms with van der Waals surface area (Å²) in [5.41, 5.74) is -2.03. The van der Waals surface area contributed by atoms with Crippen LogP contribution in [0.2, 0.25) is 0 Å². The monoisotopic (exact) mass is 155 g/mol. The van der Waals surface area contributed by atoms with E-state index in [4.69, 9.17) is 6.57 Å². The molecule has 0 N–H and O–H groups in total. The van der Waals surface area contributed by atoms with E-state index in [0.717, 1.165) is 25.7 Å². The minimum Gasteiger partial charge on any atom is -0.307 e. The number of halogens is 1. The molecule has 0 bridgehead atoms. The van der Waals surface area contributed by atoms with Gasteiger partial charge in [-0.05, 0) is 26.7 Å². The second-order valence-electron chi connectivity index (χ2n) is 3.82. The van der Waals surface area contributed by atoms with Crippen LogP contribution in [-0.2, 0) is 0 Å². The van der Waals surface area contributed by atoms with Crippen molar-refractivity contribution < 1.29 is 4.39 Å². The molecule has 11 heavy (non-hydrogen) atoms. The van der Waals surface area contributed by atoms with Crippen molar-refractivity contribution >= 4 is 0 Å². The zero-order chi connectivity index (χ0) is 8.54. The van der Waals surface area contributed by atoms with Gasteiger partial charge in [0.15, 0.2) is 5.67 Å². The smallest absolute Gasteiger partial charge is 0.265 e. The lowest BCUT2D eigenvalue weighted by Crippen LogP contribution is -2.41. The molecule has 0 saturated heterocycles. The van der Waals surface area contributed by atoms with Crippen molar-refractivity contribution in [3.05, 3.63) is 11.4 Å². The topological polar surface area (TPSA) is 4.36 Å². The van der Waals surface area contributed by atoms with Gasteiger partial charge in [-0.25, -0.2) is 11.0 Å². The highest BCUT2D eigenvalue weighted by Gasteiger charge is 2.54. The molecule has 1 fully saturated rings.